The van der Waals surface area contributed by atoms with Crippen molar-refractivity contribution in [2.75, 3.05) is 21.2 Å². The van der Waals surface area contributed by atoms with Crippen LogP contribution in [-0.2, 0) is 38.3 Å². The number of hydrogen-bond donors (Lipinski definition) is 4. The third-order valence-electron chi connectivity index (χ3n) is 11.9. The van der Waals surface area contributed by atoms with Crippen molar-refractivity contribution in [3.05, 3.63) is 0 Å². The Morgan fingerprint density at radius 1 is 1.06 bits per heavy atom. The molecule has 3 heterocycles. The standard InChI is InChI=1S/C37H69NO12/c1-15-27(40)37(11,43)33-21(4)29-19(2)17-36(10,48-29)32(50-49-20(3)16-26(24(7)39)38(12)13)22(5)30(23(6)34(42)47-33)46-28-18-35(9,44-14)31(41)25(8)45-28/h19-33,39-41,43H,15-18H2,1-14H3/t19?,20?,21-,22-,23+,24?,25?,26?,27+,28-,29?,30-,31-,32+,33+,35?,36+,37+/m0/s1. The largest absolute Gasteiger partial charge is 0.459 e. The van der Waals surface area contributed by atoms with E-state index in [9.17, 15) is 25.2 Å². The highest BCUT2D eigenvalue weighted by molar-refractivity contribution is 5.73. The van der Waals surface area contributed by atoms with E-state index < -0.39 is 102 Å². The number of methoxy groups -OCH3 is 1. The average Bonchev–Trinajstić information content (AvgIpc) is 3.35. The van der Waals surface area contributed by atoms with Crippen LogP contribution < -0.4 is 0 Å². The van der Waals surface area contributed by atoms with Gasteiger partial charge in [0.25, 0.3) is 0 Å². The van der Waals surface area contributed by atoms with Crippen molar-refractivity contribution >= 4 is 5.97 Å². The summed E-state index contributed by atoms with van der Waals surface area (Å²) in [7, 11) is 5.34. The van der Waals surface area contributed by atoms with Crippen molar-refractivity contribution in [1.29, 1.82) is 0 Å². The fourth-order valence-electron chi connectivity index (χ4n) is 8.70. The third kappa shape index (κ3) is 9.21. The summed E-state index contributed by atoms with van der Waals surface area (Å²) in [6.45, 7) is 20.0. The maximum Gasteiger partial charge on any atom is 0.311 e. The van der Waals surface area contributed by atoms with E-state index >= 15 is 0 Å². The van der Waals surface area contributed by atoms with Gasteiger partial charge in [0.15, 0.2) is 6.29 Å². The lowest BCUT2D eigenvalue weighted by molar-refractivity contribution is -0.390. The molecule has 18 atom stereocenters. The number of hydrogen-bond acceptors (Lipinski definition) is 13. The number of carbonyl (C=O) groups excluding carboxylic acids is 1. The molecule has 3 aliphatic heterocycles. The molecule has 0 aliphatic carbocycles. The Balaban J connectivity index is 2.10. The summed E-state index contributed by atoms with van der Waals surface area (Å²) < 4.78 is 31.7. The molecule has 0 spiro atoms. The van der Waals surface area contributed by atoms with Gasteiger partial charge in [0.05, 0.1) is 53.7 Å². The van der Waals surface area contributed by atoms with Gasteiger partial charge in [-0.1, -0.05) is 27.7 Å². The molecule has 13 heteroatoms. The molecule has 0 saturated carbocycles. The number of cyclic esters (lactones) is 1. The Kier molecular flexibility index (Phi) is 14.8. The molecule has 7 unspecified atom stereocenters. The summed E-state index contributed by atoms with van der Waals surface area (Å²) in [5, 5.41) is 44.0. The first-order valence-corrected chi connectivity index (χ1v) is 18.5. The van der Waals surface area contributed by atoms with Gasteiger partial charge >= 0.3 is 5.97 Å². The summed E-state index contributed by atoms with van der Waals surface area (Å²) in [4.78, 5) is 28.7. The minimum Gasteiger partial charge on any atom is -0.459 e. The van der Waals surface area contributed by atoms with E-state index in [-0.39, 0.29) is 24.8 Å². The molecule has 4 N–H and O–H groups in total. The molecule has 3 rings (SSSR count). The predicted molar refractivity (Wildman–Crippen MR) is 186 cm³/mol. The first-order chi connectivity index (χ1) is 23.0. The summed E-state index contributed by atoms with van der Waals surface area (Å²) >= 11 is 0. The Morgan fingerprint density at radius 2 is 1.68 bits per heavy atom. The lowest BCUT2D eigenvalue weighted by Crippen LogP contribution is -2.58. The third-order valence-corrected chi connectivity index (χ3v) is 11.9. The number of nitrogens with zero attached hydrogens (tertiary/aromatic N) is 1. The van der Waals surface area contributed by atoms with E-state index in [1.54, 1.807) is 34.6 Å². The fraction of sp³-hybridized carbons (Fsp3) is 0.973. The van der Waals surface area contributed by atoms with Gasteiger partial charge < -0.3 is 49.0 Å². The summed E-state index contributed by atoms with van der Waals surface area (Å²) in [6.07, 6.45) is -6.26. The van der Waals surface area contributed by atoms with Crippen LogP contribution in [0.3, 0.4) is 0 Å². The van der Waals surface area contributed by atoms with E-state index in [1.165, 1.54) is 14.0 Å². The molecule has 294 valence electrons. The van der Waals surface area contributed by atoms with Crippen LogP contribution in [0.5, 0.6) is 0 Å². The van der Waals surface area contributed by atoms with Crippen LogP contribution in [0.4, 0.5) is 0 Å². The monoisotopic (exact) mass is 719 g/mol. The van der Waals surface area contributed by atoms with Crippen molar-refractivity contribution in [3.63, 3.8) is 0 Å². The smallest absolute Gasteiger partial charge is 0.311 e. The predicted octanol–water partition coefficient (Wildman–Crippen LogP) is 3.22. The van der Waals surface area contributed by atoms with E-state index in [0.29, 0.717) is 12.8 Å². The summed E-state index contributed by atoms with van der Waals surface area (Å²) in [5.41, 5.74) is -3.68. The molecule has 0 aromatic carbocycles. The second kappa shape index (κ2) is 17.0. The van der Waals surface area contributed by atoms with Crippen LogP contribution in [0.2, 0.25) is 0 Å². The van der Waals surface area contributed by atoms with E-state index in [0.717, 1.165) is 0 Å². The number of fused-ring (bicyclic) bond motifs is 2. The molecule has 3 fully saturated rings. The Hall–Kier alpha value is -0.970. The molecule has 0 amide bonds. The molecule has 2 bridgehead atoms. The van der Waals surface area contributed by atoms with E-state index in [4.69, 9.17) is 33.5 Å². The highest BCUT2D eigenvalue weighted by Gasteiger charge is 2.58. The zero-order valence-corrected chi connectivity index (χ0v) is 33.0. The highest BCUT2D eigenvalue weighted by Crippen LogP contribution is 2.48. The zero-order chi connectivity index (χ0) is 38.1. The number of likely N-dealkylation sites (N-methyl/N-ethyl adjacent to an activating group) is 1. The molecule has 50 heavy (non-hydrogen) atoms. The maximum absolute atomic E-state index is 14.2. The van der Waals surface area contributed by atoms with Crippen molar-refractivity contribution in [2.45, 2.75) is 186 Å². The number of rotatable bonds is 13. The zero-order valence-electron chi connectivity index (χ0n) is 33.0. The molecule has 3 saturated heterocycles. The lowest BCUT2D eigenvalue weighted by atomic mass is 9.76. The van der Waals surface area contributed by atoms with Gasteiger partial charge in [0.2, 0.25) is 0 Å². The Labute approximate surface area is 300 Å². The second-order valence-electron chi connectivity index (χ2n) is 16.6. The van der Waals surface area contributed by atoms with Crippen molar-refractivity contribution in [2.24, 2.45) is 23.7 Å². The minimum absolute atomic E-state index is 0.0440. The number of ether oxygens (including phenoxy) is 5. The average molecular weight is 720 g/mol. The van der Waals surface area contributed by atoms with Gasteiger partial charge in [0.1, 0.15) is 23.9 Å². The second-order valence-corrected chi connectivity index (χ2v) is 16.6. The first-order valence-electron chi connectivity index (χ1n) is 18.5. The van der Waals surface area contributed by atoms with Gasteiger partial charge in [-0.3, -0.25) is 4.79 Å². The SMILES string of the molecule is CC[C@@H](O)[C@@](C)(O)[C@@H]1OC(=O)[C@H](C)[C@@H](O[C@H]2CC(C)(OC)[C@@H](O)C(C)O2)[C@H](C)[C@@H](OOC(C)CC(C(C)O)N(C)C)[C@@]2(C)CC(C)C(O2)[C@@H]1C. The van der Waals surface area contributed by atoms with Gasteiger partial charge in [0, 0.05) is 31.4 Å². The molecular formula is C37H69NO12. The van der Waals surface area contributed by atoms with Gasteiger partial charge in [-0.15, -0.1) is 0 Å². The molecule has 3 aliphatic rings. The lowest BCUT2D eigenvalue weighted by Gasteiger charge is -2.47. The Bertz CT molecular complexity index is 1080. The molecular weight excluding hydrogens is 650 g/mol. The topological polar surface area (TPSA) is 166 Å². The van der Waals surface area contributed by atoms with Gasteiger partial charge in [-0.25, -0.2) is 9.78 Å². The van der Waals surface area contributed by atoms with Crippen molar-refractivity contribution in [1.82, 2.24) is 4.90 Å². The van der Waals surface area contributed by atoms with Crippen LogP contribution in [0.1, 0.15) is 102 Å². The molecule has 0 aromatic rings. The van der Waals surface area contributed by atoms with Crippen LogP contribution in [0.15, 0.2) is 0 Å². The van der Waals surface area contributed by atoms with Crippen LogP contribution in [0.25, 0.3) is 0 Å². The Morgan fingerprint density at radius 3 is 2.22 bits per heavy atom. The van der Waals surface area contributed by atoms with Crippen LogP contribution >= 0.6 is 0 Å². The van der Waals surface area contributed by atoms with Crippen molar-refractivity contribution in [3.8, 4) is 0 Å². The summed E-state index contributed by atoms with van der Waals surface area (Å²) in [6, 6.07) is -0.174. The number of aliphatic hydroxyl groups excluding tert-OH is 3. The molecule has 0 radical (unpaired) electrons. The number of carbonyl (C=O) groups is 1. The minimum atomic E-state index is -1.78. The highest BCUT2D eigenvalue weighted by atomic mass is 17.2. The van der Waals surface area contributed by atoms with Crippen molar-refractivity contribution < 1.29 is 58.7 Å². The first kappa shape index (κ1) is 43.4. The molecule has 13 nitrogen and oxygen atoms in total. The quantitative estimate of drug-likeness (QED) is 0.125. The molecule has 0 aromatic heterocycles. The van der Waals surface area contributed by atoms with E-state index in [2.05, 4.69) is 6.92 Å². The summed E-state index contributed by atoms with van der Waals surface area (Å²) in [5.74, 6) is -2.61. The normalized spacial score (nSPS) is 43.7. The van der Waals surface area contributed by atoms with Gasteiger partial charge in [-0.05, 0) is 87.7 Å². The van der Waals surface area contributed by atoms with E-state index in [1.807, 2.05) is 46.7 Å². The van der Waals surface area contributed by atoms with Gasteiger partial charge in [-0.2, -0.15) is 0 Å². The maximum atomic E-state index is 14.2. The fourth-order valence-corrected chi connectivity index (χ4v) is 8.70. The number of aliphatic hydroxyl groups is 4. The van der Waals surface area contributed by atoms with Crippen LogP contribution in [0, 0.1) is 23.7 Å². The number of esters is 1. The van der Waals surface area contributed by atoms with Crippen LogP contribution in [-0.4, -0.2) is 137 Å².